The molecule has 15 heteroatoms. The Morgan fingerprint density at radius 2 is 1.75 bits per heavy atom. The van der Waals surface area contributed by atoms with Gasteiger partial charge in [0.15, 0.2) is 9.84 Å². The van der Waals surface area contributed by atoms with Gasteiger partial charge < -0.3 is 14.6 Å². The van der Waals surface area contributed by atoms with Crippen LogP contribution in [-0.4, -0.2) is 54.3 Å². The monoisotopic (exact) mass is 560 g/mol. The van der Waals surface area contributed by atoms with E-state index in [9.17, 15) is 21.4 Å². The Morgan fingerprint density at radius 1 is 1.00 bits per heavy atom. The van der Waals surface area contributed by atoms with Crippen LogP contribution in [0.3, 0.4) is 0 Å². The number of hydrogen-bond donors (Lipinski definition) is 1. The van der Waals surface area contributed by atoms with Crippen molar-refractivity contribution in [3.05, 3.63) is 42.2 Å². The molecule has 0 unspecified atom stereocenters. The second-order valence-electron chi connectivity index (χ2n) is 8.39. The van der Waals surface area contributed by atoms with Crippen LogP contribution in [-0.2, 0) is 24.4 Å². The zero-order valence-corrected chi connectivity index (χ0v) is 24.3. The van der Waals surface area contributed by atoms with Crippen LogP contribution in [0.2, 0.25) is 0 Å². The molecule has 2 aromatic carbocycles. The largest absolute Gasteiger partial charge is 1.00 e. The van der Waals surface area contributed by atoms with E-state index in [1.807, 2.05) is 18.2 Å². The van der Waals surface area contributed by atoms with Crippen molar-refractivity contribution in [3.63, 3.8) is 0 Å². The third-order valence-corrected chi connectivity index (χ3v) is 8.73. The summed E-state index contributed by atoms with van der Waals surface area (Å²) in [5.74, 6) is 0.329. The summed E-state index contributed by atoms with van der Waals surface area (Å²) >= 11 is 1.52. The zero-order valence-electron chi connectivity index (χ0n) is 19.9. The van der Waals surface area contributed by atoms with E-state index < -0.39 is 31.6 Å². The molecule has 0 aliphatic carbocycles. The Labute approximate surface area is 234 Å². The molecule has 4 rings (SSSR count). The summed E-state index contributed by atoms with van der Waals surface area (Å²) in [4.78, 5) is 12.7. The first kappa shape index (κ1) is 28.7. The van der Waals surface area contributed by atoms with Crippen molar-refractivity contribution in [3.8, 4) is 5.75 Å². The average Bonchev–Trinajstić information content (AvgIpc) is 3.23. The first-order valence-corrected chi connectivity index (χ1v) is 13.9. The SMILES string of the molecule is CC(C)(C)S(=O)(=O)c1cc2c(Nc3ccc4scnc4c3)ncnc2cc1OCCOS(=O)(=O)[O-].[Na+]. The van der Waals surface area contributed by atoms with Crippen LogP contribution in [0.15, 0.2) is 47.1 Å². The van der Waals surface area contributed by atoms with Crippen LogP contribution in [0.1, 0.15) is 20.8 Å². The Hall–Kier alpha value is -1.91. The molecule has 4 aromatic rings. The maximum absolute atomic E-state index is 13.4. The second-order valence-corrected chi connectivity index (χ2v) is 13.0. The van der Waals surface area contributed by atoms with Gasteiger partial charge >= 0.3 is 29.6 Å². The van der Waals surface area contributed by atoms with Crippen molar-refractivity contribution < 1.29 is 59.9 Å². The van der Waals surface area contributed by atoms with Gasteiger partial charge in [-0.25, -0.2) is 31.8 Å². The third kappa shape index (κ3) is 6.31. The number of nitrogens with one attached hydrogen (secondary N) is 1. The van der Waals surface area contributed by atoms with Crippen molar-refractivity contribution in [1.29, 1.82) is 0 Å². The van der Waals surface area contributed by atoms with Gasteiger partial charge in [-0.1, -0.05) is 0 Å². The number of anilines is 2. The number of nitrogens with zero attached hydrogens (tertiary/aromatic N) is 3. The maximum Gasteiger partial charge on any atom is 1.00 e. The smallest absolute Gasteiger partial charge is 0.726 e. The van der Waals surface area contributed by atoms with E-state index in [-0.39, 0.29) is 46.8 Å². The molecule has 0 atom stereocenters. The summed E-state index contributed by atoms with van der Waals surface area (Å²) in [6.07, 6.45) is 1.32. The van der Waals surface area contributed by atoms with Gasteiger partial charge in [0.1, 0.15) is 29.4 Å². The van der Waals surface area contributed by atoms with E-state index in [1.54, 1.807) is 26.3 Å². The number of thiazole rings is 1. The molecule has 0 saturated carbocycles. The number of rotatable bonds is 8. The van der Waals surface area contributed by atoms with Crippen molar-refractivity contribution in [2.24, 2.45) is 0 Å². The summed E-state index contributed by atoms with van der Waals surface area (Å²) in [5.41, 5.74) is 3.65. The average molecular weight is 561 g/mol. The first-order valence-electron chi connectivity index (χ1n) is 10.2. The Bertz CT molecular complexity index is 1620. The minimum atomic E-state index is -4.90. The van der Waals surface area contributed by atoms with Crippen LogP contribution < -0.4 is 39.6 Å². The summed E-state index contributed by atoms with van der Waals surface area (Å²) < 4.78 is 68.3. The Balaban J connectivity index is 0.00000361. The van der Waals surface area contributed by atoms with Crippen LogP contribution in [0, 0.1) is 0 Å². The van der Waals surface area contributed by atoms with Gasteiger partial charge in [-0.05, 0) is 45.0 Å². The third-order valence-electron chi connectivity index (χ3n) is 4.96. The van der Waals surface area contributed by atoms with E-state index in [4.69, 9.17) is 4.74 Å². The number of benzene rings is 2. The molecule has 0 radical (unpaired) electrons. The number of sulfone groups is 1. The molecule has 2 heterocycles. The molecule has 186 valence electrons. The fourth-order valence-corrected chi connectivity index (χ4v) is 5.42. The van der Waals surface area contributed by atoms with Crippen molar-refractivity contribution in [1.82, 2.24) is 15.0 Å². The van der Waals surface area contributed by atoms with Gasteiger partial charge in [-0.2, -0.15) is 0 Å². The van der Waals surface area contributed by atoms with Gasteiger partial charge in [0.25, 0.3) is 0 Å². The zero-order chi connectivity index (χ0) is 25.4. The minimum absolute atomic E-state index is 0. The van der Waals surface area contributed by atoms with Crippen molar-refractivity contribution >= 4 is 64.2 Å². The summed E-state index contributed by atoms with van der Waals surface area (Å²) in [5, 5.41) is 3.62. The second kappa shape index (κ2) is 10.8. The van der Waals surface area contributed by atoms with Crippen LogP contribution in [0.5, 0.6) is 5.75 Å². The van der Waals surface area contributed by atoms with Gasteiger partial charge in [0.2, 0.25) is 10.4 Å². The predicted molar refractivity (Wildman–Crippen MR) is 131 cm³/mol. The fourth-order valence-electron chi connectivity index (χ4n) is 3.18. The quantitative estimate of drug-likeness (QED) is 0.138. The molecule has 0 aliphatic heterocycles. The van der Waals surface area contributed by atoms with Crippen LogP contribution in [0.4, 0.5) is 11.5 Å². The summed E-state index contributed by atoms with van der Waals surface area (Å²) in [6, 6.07) is 8.48. The van der Waals surface area contributed by atoms with E-state index in [1.165, 1.54) is 29.8 Å². The Morgan fingerprint density at radius 3 is 2.44 bits per heavy atom. The van der Waals surface area contributed by atoms with Crippen molar-refractivity contribution in [2.75, 3.05) is 18.5 Å². The minimum Gasteiger partial charge on any atom is -0.726 e. The van der Waals surface area contributed by atoms with Crippen LogP contribution >= 0.6 is 11.3 Å². The van der Waals surface area contributed by atoms with Crippen molar-refractivity contribution in [2.45, 2.75) is 30.4 Å². The molecule has 11 nitrogen and oxygen atoms in total. The molecule has 0 spiro atoms. The van der Waals surface area contributed by atoms with E-state index in [0.29, 0.717) is 22.4 Å². The molecule has 0 fully saturated rings. The molecule has 36 heavy (non-hydrogen) atoms. The fraction of sp³-hybridized carbons (Fsp3) is 0.286. The van der Waals surface area contributed by atoms with Gasteiger partial charge in [-0.15, -0.1) is 11.3 Å². The van der Waals surface area contributed by atoms with E-state index in [2.05, 4.69) is 24.5 Å². The van der Waals surface area contributed by atoms with E-state index >= 15 is 0 Å². The maximum atomic E-state index is 13.4. The predicted octanol–water partition coefficient (Wildman–Crippen LogP) is 0.415. The number of ether oxygens (including phenoxy) is 1. The molecule has 2 aromatic heterocycles. The van der Waals surface area contributed by atoms with Crippen LogP contribution in [0.25, 0.3) is 21.1 Å². The molecule has 0 aliphatic rings. The van der Waals surface area contributed by atoms with E-state index in [0.717, 1.165) is 10.2 Å². The molecular formula is C21H21N4NaO7S3. The molecule has 0 amide bonds. The first-order chi connectivity index (χ1) is 16.3. The van der Waals surface area contributed by atoms with Gasteiger partial charge in [0, 0.05) is 17.1 Å². The molecule has 0 saturated heterocycles. The molecule has 1 N–H and O–H groups in total. The normalized spacial score (nSPS) is 12.4. The standard InChI is InChI=1S/C21H22N4O7S3.Na/c1-21(2,3)34(26,27)19-9-14-15(10-17(19)31-6-7-32-35(28,29)30)22-11-23-20(14)25-13-4-5-18-16(8-13)24-12-33-18;/h4-5,8-12H,6-7H2,1-3H3,(H,22,23,25)(H,28,29,30);/q;+1/p-1. The number of fused-ring (bicyclic) bond motifs is 2. The molecular weight excluding hydrogens is 539 g/mol. The summed E-state index contributed by atoms with van der Waals surface area (Å²) in [7, 11) is -8.81. The number of hydrogen-bond acceptors (Lipinski definition) is 12. The Kier molecular flexibility index (Phi) is 8.62. The van der Waals surface area contributed by atoms with Gasteiger partial charge in [0.05, 0.1) is 32.6 Å². The summed E-state index contributed by atoms with van der Waals surface area (Å²) in [6.45, 7) is 3.70. The number of aromatic nitrogens is 3. The van der Waals surface area contributed by atoms with Gasteiger partial charge in [-0.3, -0.25) is 4.18 Å². The topological polar surface area (TPSA) is 160 Å². The molecule has 0 bridgehead atoms.